The van der Waals surface area contributed by atoms with E-state index in [0.29, 0.717) is 0 Å². The van der Waals surface area contributed by atoms with Gasteiger partial charge in [0, 0.05) is 0 Å². The van der Waals surface area contributed by atoms with Crippen molar-refractivity contribution in [1.29, 1.82) is 0 Å². The minimum atomic E-state index is -1.70. The van der Waals surface area contributed by atoms with Gasteiger partial charge < -0.3 is 54.7 Å². The molecular formula is C17H30O11. The molecular weight excluding hydrogens is 380 g/mol. The Morgan fingerprint density at radius 1 is 0.786 bits per heavy atom. The largest absolute Gasteiger partial charge is 0.394 e. The zero-order chi connectivity index (χ0) is 21.0. The van der Waals surface area contributed by atoms with Gasteiger partial charge in [0.15, 0.2) is 12.6 Å². The number of aliphatic hydroxyl groups excluding tert-OH is 7. The molecule has 0 aromatic carbocycles. The maximum atomic E-state index is 10.4. The Balaban J connectivity index is 2.05. The lowest BCUT2D eigenvalue weighted by Crippen LogP contribution is -2.64. The van der Waals surface area contributed by atoms with Crippen LogP contribution in [0.1, 0.15) is 13.8 Å². The van der Waals surface area contributed by atoms with Crippen molar-refractivity contribution in [2.24, 2.45) is 0 Å². The molecule has 2 aliphatic heterocycles. The van der Waals surface area contributed by atoms with Gasteiger partial charge in [0.25, 0.3) is 0 Å². The molecule has 10 atom stereocenters. The summed E-state index contributed by atoms with van der Waals surface area (Å²) in [6.07, 6.45) is -12.7. The van der Waals surface area contributed by atoms with Gasteiger partial charge in [0.1, 0.15) is 48.8 Å². The molecule has 2 heterocycles. The van der Waals surface area contributed by atoms with E-state index in [9.17, 15) is 35.7 Å². The Labute approximate surface area is 162 Å². The van der Waals surface area contributed by atoms with E-state index in [2.05, 4.69) is 0 Å². The highest BCUT2D eigenvalue weighted by molar-refractivity contribution is 4.96. The second-order valence-corrected chi connectivity index (χ2v) is 7.12. The average molecular weight is 410 g/mol. The quantitative estimate of drug-likeness (QED) is 0.208. The molecule has 2 aliphatic rings. The molecule has 0 aromatic heterocycles. The van der Waals surface area contributed by atoms with Gasteiger partial charge in [-0.25, -0.2) is 0 Å². The predicted octanol–water partition coefficient (Wildman–Crippen LogP) is -3.41. The van der Waals surface area contributed by atoms with Crippen LogP contribution in [0.2, 0.25) is 0 Å². The zero-order valence-corrected chi connectivity index (χ0v) is 15.7. The van der Waals surface area contributed by atoms with Gasteiger partial charge in [-0.1, -0.05) is 11.6 Å². The fourth-order valence-electron chi connectivity index (χ4n) is 3.01. The molecule has 2 rings (SSSR count). The summed E-state index contributed by atoms with van der Waals surface area (Å²) >= 11 is 0. The molecule has 0 spiro atoms. The minimum absolute atomic E-state index is 0.134. The number of hydrogen-bond donors (Lipinski definition) is 7. The molecule has 28 heavy (non-hydrogen) atoms. The van der Waals surface area contributed by atoms with Crippen LogP contribution in [0, 0.1) is 0 Å². The molecule has 0 amide bonds. The second-order valence-electron chi connectivity index (χ2n) is 7.12. The van der Waals surface area contributed by atoms with Gasteiger partial charge >= 0.3 is 0 Å². The Morgan fingerprint density at radius 3 is 1.86 bits per heavy atom. The summed E-state index contributed by atoms with van der Waals surface area (Å²) in [5.74, 6) is 0. The van der Waals surface area contributed by atoms with Crippen LogP contribution in [0.25, 0.3) is 0 Å². The summed E-state index contributed by atoms with van der Waals surface area (Å²) in [5.41, 5.74) is 0.983. The third-order valence-corrected chi connectivity index (χ3v) is 4.72. The van der Waals surface area contributed by atoms with Crippen LogP contribution in [0.5, 0.6) is 0 Å². The zero-order valence-electron chi connectivity index (χ0n) is 15.7. The topological polar surface area (TPSA) is 179 Å². The van der Waals surface area contributed by atoms with Crippen LogP contribution >= 0.6 is 0 Å². The summed E-state index contributed by atoms with van der Waals surface area (Å²) in [5, 5.41) is 69.1. The summed E-state index contributed by atoms with van der Waals surface area (Å²) < 4.78 is 21.5. The van der Waals surface area contributed by atoms with Crippen molar-refractivity contribution in [2.75, 3.05) is 19.8 Å². The van der Waals surface area contributed by atoms with Gasteiger partial charge in [-0.3, -0.25) is 0 Å². The number of aliphatic hydroxyl groups is 7. The van der Waals surface area contributed by atoms with Crippen molar-refractivity contribution >= 4 is 0 Å². The monoisotopic (exact) mass is 410 g/mol. The van der Waals surface area contributed by atoms with E-state index in [0.717, 1.165) is 5.57 Å². The van der Waals surface area contributed by atoms with Gasteiger partial charge in [-0.15, -0.1) is 0 Å². The van der Waals surface area contributed by atoms with E-state index in [1.54, 1.807) is 6.08 Å². The summed E-state index contributed by atoms with van der Waals surface area (Å²) in [6.45, 7) is 2.66. The lowest BCUT2D eigenvalue weighted by molar-refractivity contribution is -0.378. The third kappa shape index (κ3) is 5.26. The van der Waals surface area contributed by atoms with Crippen molar-refractivity contribution < 1.29 is 54.7 Å². The standard InChI is InChI=1S/C17H30O11/c1-7(2)3-4-25-15-9(6-19)27-17(14(24)12(15)22)28-16-13(23)11(21)10(20)8(5-18)26-16/h3,8-24H,4-6H2,1-2H3/t8-,9-,10-,11+,12-,13-,14-,15-,16-,17-/m1/s1. The SMILES string of the molecule is CC(C)=CCO[C@H]1[C@H](O)[C@@H](O)[C@@H](O[C@H]2O[C@H](CO)[C@@H](O)[C@H](O)[C@H]2O)O[C@@H]1CO. The van der Waals surface area contributed by atoms with Crippen LogP contribution in [-0.4, -0.2) is 117 Å². The van der Waals surface area contributed by atoms with Crippen molar-refractivity contribution in [2.45, 2.75) is 75.3 Å². The maximum Gasteiger partial charge on any atom is 0.189 e. The minimum Gasteiger partial charge on any atom is -0.394 e. The molecule has 11 nitrogen and oxygen atoms in total. The maximum absolute atomic E-state index is 10.4. The Hall–Kier alpha value is -0.700. The van der Waals surface area contributed by atoms with Crippen molar-refractivity contribution in [3.8, 4) is 0 Å². The van der Waals surface area contributed by atoms with E-state index in [1.165, 1.54) is 0 Å². The van der Waals surface area contributed by atoms with Crippen molar-refractivity contribution in [3.63, 3.8) is 0 Å². The van der Waals surface area contributed by atoms with E-state index in [-0.39, 0.29) is 6.61 Å². The first-order valence-corrected chi connectivity index (χ1v) is 9.04. The summed E-state index contributed by atoms with van der Waals surface area (Å²) in [7, 11) is 0. The highest BCUT2D eigenvalue weighted by Gasteiger charge is 2.50. The molecule has 164 valence electrons. The number of hydrogen-bond acceptors (Lipinski definition) is 11. The van der Waals surface area contributed by atoms with Crippen LogP contribution in [0.15, 0.2) is 11.6 Å². The first kappa shape index (κ1) is 23.6. The van der Waals surface area contributed by atoms with Gasteiger partial charge in [0.2, 0.25) is 0 Å². The highest BCUT2D eigenvalue weighted by Crippen LogP contribution is 2.29. The molecule has 0 bridgehead atoms. The number of rotatable bonds is 7. The molecule has 11 heteroatoms. The Kier molecular flexibility index (Phi) is 8.73. The molecule has 0 saturated carbocycles. The Bertz CT molecular complexity index is 507. The van der Waals surface area contributed by atoms with Crippen molar-refractivity contribution in [1.82, 2.24) is 0 Å². The van der Waals surface area contributed by atoms with Gasteiger partial charge in [0.05, 0.1) is 19.8 Å². The average Bonchev–Trinajstić information content (AvgIpc) is 2.66. The van der Waals surface area contributed by atoms with Crippen LogP contribution in [0.4, 0.5) is 0 Å². The van der Waals surface area contributed by atoms with Crippen molar-refractivity contribution in [3.05, 3.63) is 11.6 Å². The fraction of sp³-hybridized carbons (Fsp3) is 0.882. The molecule has 2 saturated heterocycles. The lowest BCUT2D eigenvalue weighted by atomic mass is 9.98. The van der Waals surface area contributed by atoms with E-state index in [4.69, 9.17) is 18.9 Å². The molecule has 0 radical (unpaired) electrons. The first-order chi connectivity index (χ1) is 13.2. The molecule has 0 aliphatic carbocycles. The van der Waals surface area contributed by atoms with Crippen LogP contribution < -0.4 is 0 Å². The number of allylic oxidation sites excluding steroid dienone is 1. The van der Waals surface area contributed by atoms with Crippen LogP contribution in [-0.2, 0) is 18.9 Å². The molecule has 7 N–H and O–H groups in total. The fourth-order valence-corrected chi connectivity index (χ4v) is 3.01. The summed E-state index contributed by atoms with van der Waals surface area (Å²) in [6, 6.07) is 0. The van der Waals surface area contributed by atoms with E-state index < -0.39 is 74.6 Å². The lowest BCUT2D eigenvalue weighted by Gasteiger charge is -2.45. The highest BCUT2D eigenvalue weighted by atomic mass is 16.8. The normalized spacial score (nSPS) is 44.3. The van der Waals surface area contributed by atoms with E-state index in [1.807, 2.05) is 13.8 Å². The molecule has 2 fully saturated rings. The van der Waals surface area contributed by atoms with Gasteiger partial charge in [-0.05, 0) is 13.8 Å². The Morgan fingerprint density at radius 2 is 1.32 bits per heavy atom. The summed E-state index contributed by atoms with van der Waals surface area (Å²) in [4.78, 5) is 0. The molecule has 0 aromatic rings. The first-order valence-electron chi connectivity index (χ1n) is 9.04. The van der Waals surface area contributed by atoms with E-state index >= 15 is 0 Å². The van der Waals surface area contributed by atoms with Crippen LogP contribution in [0.3, 0.4) is 0 Å². The smallest absolute Gasteiger partial charge is 0.189 e. The number of ether oxygens (including phenoxy) is 4. The third-order valence-electron chi connectivity index (χ3n) is 4.72. The molecule has 0 unspecified atom stereocenters. The predicted molar refractivity (Wildman–Crippen MR) is 91.8 cm³/mol. The van der Waals surface area contributed by atoms with Gasteiger partial charge in [-0.2, -0.15) is 0 Å². The second kappa shape index (κ2) is 10.4.